The number of benzene rings is 1. The number of fused-ring (bicyclic) bond motifs is 1. The number of anilines is 2. The van der Waals surface area contributed by atoms with Crippen molar-refractivity contribution in [3.8, 4) is 5.75 Å². The van der Waals surface area contributed by atoms with Crippen molar-refractivity contribution >= 4 is 45.2 Å². The maximum atomic E-state index is 12.6. The lowest BCUT2D eigenvalue weighted by Crippen LogP contribution is -2.21. The van der Waals surface area contributed by atoms with Gasteiger partial charge in [-0.15, -0.1) is 11.3 Å². The SMILES string of the molecule is CCN(CC)c1ccc(C=NNC(=O)c2sc3ncnc(N)c3c2C)c(OC)c1. The highest BCUT2D eigenvalue weighted by Crippen LogP contribution is 2.31. The number of aromatic nitrogens is 2. The summed E-state index contributed by atoms with van der Waals surface area (Å²) in [6.45, 7) is 7.86. The first-order valence-electron chi connectivity index (χ1n) is 9.26. The fraction of sp³-hybridized carbons (Fsp3) is 0.300. The van der Waals surface area contributed by atoms with Crippen LogP contribution in [0.3, 0.4) is 0 Å². The average Bonchev–Trinajstić information content (AvgIpc) is 3.07. The number of rotatable bonds is 7. The Balaban J connectivity index is 1.78. The van der Waals surface area contributed by atoms with Crippen LogP contribution < -0.4 is 20.8 Å². The highest BCUT2D eigenvalue weighted by molar-refractivity contribution is 7.20. The molecule has 1 aromatic carbocycles. The van der Waals surface area contributed by atoms with Crippen molar-refractivity contribution in [2.45, 2.75) is 20.8 Å². The first-order chi connectivity index (χ1) is 14.0. The van der Waals surface area contributed by atoms with E-state index in [0.29, 0.717) is 26.7 Å². The molecule has 3 rings (SSSR count). The zero-order valence-corrected chi connectivity index (χ0v) is 17.7. The second-order valence-electron chi connectivity index (χ2n) is 6.29. The normalized spacial score (nSPS) is 11.2. The van der Waals surface area contributed by atoms with E-state index in [2.05, 4.69) is 39.2 Å². The summed E-state index contributed by atoms with van der Waals surface area (Å²) in [5.41, 5.74) is 11.1. The second-order valence-corrected chi connectivity index (χ2v) is 7.29. The number of nitrogen functional groups attached to an aromatic ring is 1. The van der Waals surface area contributed by atoms with Gasteiger partial charge in [0, 0.05) is 30.4 Å². The number of methoxy groups -OCH3 is 1. The molecule has 0 radical (unpaired) electrons. The highest BCUT2D eigenvalue weighted by Gasteiger charge is 2.18. The number of hydrogen-bond donors (Lipinski definition) is 2. The molecule has 0 unspecified atom stereocenters. The molecule has 8 nitrogen and oxygen atoms in total. The predicted molar refractivity (Wildman–Crippen MR) is 118 cm³/mol. The average molecular weight is 413 g/mol. The van der Waals surface area contributed by atoms with Gasteiger partial charge in [0.1, 0.15) is 22.7 Å². The minimum atomic E-state index is -0.320. The fourth-order valence-electron chi connectivity index (χ4n) is 3.12. The van der Waals surface area contributed by atoms with Crippen LogP contribution in [0.2, 0.25) is 0 Å². The number of aryl methyl sites for hydroxylation is 1. The van der Waals surface area contributed by atoms with Crippen molar-refractivity contribution in [2.75, 3.05) is 30.8 Å². The van der Waals surface area contributed by atoms with E-state index >= 15 is 0 Å². The van der Waals surface area contributed by atoms with E-state index in [-0.39, 0.29) is 5.91 Å². The molecule has 0 atom stereocenters. The molecular formula is C20H24N6O2S. The van der Waals surface area contributed by atoms with Crippen molar-refractivity contribution in [3.63, 3.8) is 0 Å². The number of hydrazone groups is 1. The van der Waals surface area contributed by atoms with Crippen molar-refractivity contribution in [2.24, 2.45) is 5.10 Å². The number of carbonyl (C=O) groups is 1. The third-order valence-corrected chi connectivity index (χ3v) is 5.88. The zero-order chi connectivity index (χ0) is 21.0. The Hall–Kier alpha value is -3.20. The van der Waals surface area contributed by atoms with Gasteiger partial charge in [0.15, 0.2) is 0 Å². The molecule has 3 aromatic rings. The summed E-state index contributed by atoms with van der Waals surface area (Å²) in [5.74, 6) is 0.734. The minimum absolute atomic E-state index is 0.320. The summed E-state index contributed by atoms with van der Waals surface area (Å²) in [5, 5.41) is 4.80. The van der Waals surface area contributed by atoms with Crippen LogP contribution in [-0.2, 0) is 0 Å². The van der Waals surface area contributed by atoms with Gasteiger partial charge in [0.25, 0.3) is 5.91 Å². The number of carbonyl (C=O) groups excluding carboxylic acids is 1. The molecule has 0 bridgehead atoms. The molecule has 0 saturated heterocycles. The Bertz CT molecular complexity index is 1060. The molecule has 3 N–H and O–H groups in total. The summed E-state index contributed by atoms with van der Waals surface area (Å²) < 4.78 is 5.48. The standard InChI is InChI=1S/C20H24N6O2S/c1-5-26(6-2)14-8-7-13(15(9-14)28-4)10-24-25-19(27)17-12(3)16-18(21)22-11-23-20(16)29-17/h7-11H,5-6H2,1-4H3,(H,25,27)(H2,21,22,23). The Morgan fingerprint density at radius 1 is 1.34 bits per heavy atom. The van der Waals surface area contributed by atoms with Gasteiger partial charge in [0.05, 0.1) is 23.6 Å². The van der Waals surface area contributed by atoms with Crippen LogP contribution in [-0.4, -0.2) is 42.3 Å². The third kappa shape index (κ3) is 4.14. The molecule has 2 aromatic heterocycles. The Labute approximate surface area is 173 Å². The second kappa shape index (κ2) is 8.87. The van der Waals surface area contributed by atoms with E-state index in [1.165, 1.54) is 17.7 Å². The van der Waals surface area contributed by atoms with E-state index in [1.54, 1.807) is 13.3 Å². The number of thiophene rings is 1. The van der Waals surface area contributed by atoms with Crippen LogP contribution in [0.25, 0.3) is 10.2 Å². The van der Waals surface area contributed by atoms with Gasteiger partial charge in [-0.1, -0.05) is 0 Å². The number of nitrogens with zero attached hydrogens (tertiary/aromatic N) is 4. The van der Waals surface area contributed by atoms with Gasteiger partial charge < -0.3 is 15.4 Å². The molecule has 29 heavy (non-hydrogen) atoms. The summed E-state index contributed by atoms with van der Waals surface area (Å²) >= 11 is 1.26. The van der Waals surface area contributed by atoms with Crippen LogP contribution in [0.15, 0.2) is 29.6 Å². The van der Waals surface area contributed by atoms with Crippen LogP contribution in [0.1, 0.15) is 34.6 Å². The Morgan fingerprint density at radius 3 is 2.76 bits per heavy atom. The zero-order valence-electron chi connectivity index (χ0n) is 16.9. The Morgan fingerprint density at radius 2 is 2.10 bits per heavy atom. The predicted octanol–water partition coefficient (Wildman–Crippen LogP) is 3.20. The van der Waals surface area contributed by atoms with Gasteiger partial charge in [-0.2, -0.15) is 5.10 Å². The lowest BCUT2D eigenvalue weighted by molar-refractivity contribution is 0.0958. The number of amides is 1. The molecule has 0 aliphatic carbocycles. The molecule has 0 aliphatic rings. The van der Waals surface area contributed by atoms with Gasteiger partial charge in [-0.05, 0) is 38.5 Å². The number of nitrogens with one attached hydrogen (secondary N) is 1. The van der Waals surface area contributed by atoms with Crippen LogP contribution in [0.4, 0.5) is 11.5 Å². The first-order valence-corrected chi connectivity index (χ1v) is 10.1. The van der Waals surface area contributed by atoms with E-state index in [0.717, 1.165) is 29.9 Å². The smallest absolute Gasteiger partial charge is 0.281 e. The summed E-state index contributed by atoms with van der Waals surface area (Å²) in [6, 6.07) is 5.90. The summed E-state index contributed by atoms with van der Waals surface area (Å²) in [4.78, 5) is 24.2. The number of ether oxygens (including phenoxy) is 1. The molecular weight excluding hydrogens is 388 g/mol. The van der Waals surface area contributed by atoms with Crippen molar-refractivity contribution in [3.05, 3.63) is 40.5 Å². The Kier molecular flexibility index (Phi) is 6.28. The van der Waals surface area contributed by atoms with Crippen molar-refractivity contribution in [1.29, 1.82) is 0 Å². The van der Waals surface area contributed by atoms with Crippen molar-refractivity contribution in [1.82, 2.24) is 15.4 Å². The maximum Gasteiger partial charge on any atom is 0.281 e. The maximum absolute atomic E-state index is 12.6. The van der Waals surface area contributed by atoms with Crippen molar-refractivity contribution < 1.29 is 9.53 Å². The monoisotopic (exact) mass is 412 g/mol. The van der Waals surface area contributed by atoms with E-state index in [4.69, 9.17) is 10.5 Å². The van der Waals surface area contributed by atoms with E-state index < -0.39 is 0 Å². The number of nitrogens with two attached hydrogens (primary N) is 1. The van der Waals surface area contributed by atoms with E-state index in [9.17, 15) is 4.79 Å². The van der Waals surface area contributed by atoms with Crippen LogP contribution in [0, 0.1) is 6.92 Å². The largest absolute Gasteiger partial charge is 0.496 e. The summed E-state index contributed by atoms with van der Waals surface area (Å²) in [7, 11) is 1.61. The van der Waals surface area contributed by atoms with E-state index in [1.807, 2.05) is 25.1 Å². The molecule has 0 aliphatic heterocycles. The molecule has 0 saturated carbocycles. The fourth-order valence-corrected chi connectivity index (χ4v) is 4.17. The van der Waals surface area contributed by atoms with Crippen LogP contribution >= 0.6 is 11.3 Å². The first kappa shape index (κ1) is 20.5. The number of hydrogen-bond acceptors (Lipinski definition) is 8. The lowest BCUT2D eigenvalue weighted by atomic mass is 10.2. The minimum Gasteiger partial charge on any atom is -0.496 e. The molecule has 9 heteroatoms. The topological polar surface area (TPSA) is 106 Å². The van der Waals surface area contributed by atoms with Gasteiger partial charge in [-0.3, -0.25) is 4.79 Å². The van der Waals surface area contributed by atoms with Crippen LogP contribution in [0.5, 0.6) is 5.75 Å². The molecule has 152 valence electrons. The molecule has 2 heterocycles. The quantitative estimate of drug-likeness (QED) is 0.456. The summed E-state index contributed by atoms with van der Waals surface area (Å²) in [6.07, 6.45) is 2.96. The van der Waals surface area contributed by atoms with Gasteiger partial charge in [0.2, 0.25) is 0 Å². The lowest BCUT2D eigenvalue weighted by Gasteiger charge is -2.21. The molecule has 0 fully saturated rings. The van der Waals surface area contributed by atoms with Gasteiger partial charge in [-0.25, -0.2) is 15.4 Å². The third-order valence-electron chi connectivity index (χ3n) is 4.68. The molecule has 1 amide bonds. The van der Waals surface area contributed by atoms with Gasteiger partial charge >= 0.3 is 0 Å². The molecule has 0 spiro atoms. The highest BCUT2D eigenvalue weighted by atomic mass is 32.1.